The van der Waals surface area contributed by atoms with Crippen LogP contribution < -0.4 is 10.4 Å². The van der Waals surface area contributed by atoms with Gasteiger partial charge in [0.1, 0.15) is 16.3 Å². The fourth-order valence-electron chi connectivity index (χ4n) is 1.99. The van der Waals surface area contributed by atoms with E-state index in [4.69, 9.17) is 4.42 Å². The summed E-state index contributed by atoms with van der Waals surface area (Å²) in [6, 6.07) is 9.23. The quantitative estimate of drug-likeness (QED) is 0.382. The summed E-state index contributed by atoms with van der Waals surface area (Å²) in [4.78, 5) is 34.2. The van der Waals surface area contributed by atoms with Gasteiger partial charge in [-0.3, -0.25) is 25.1 Å². The number of carbonyl (C=O) groups is 2. The molecule has 1 N–H and O–H groups in total. The molecule has 1 fully saturated rings. The van der Waals surface area contributed by atoms with E-state index in [1.54, 1.807) is 24.3 Å². The van der Waals surface area contributed by atoms with Crippen molar-refractivity contribution in [2.75, 3.05) is 5.01 Å². The first kappa shape index (κ1) is 15.0. The summed E-state index contributed by atoms with van der Waals surface area (Å²) in [5.41, 5.74) is 2.74. The van der Waals surface area contributed by atoms with Gasteiger partial charge in [-0.2, -0.15) is 0 Å². The van der Waals surface area contributed by atoms with Crippen LogP contribution in [0.1, 0.15) is 5.76 Å². The number of hydrogen-bond donors (Lipinski definition) is 1. The topological polar surface area (TPSA) is 106 Å². The number of carbonyl (C=O) groups excluding carboxylic acids is 2. The van der Waals surface area contributed by atoms with E-state index in [-0.39, 0.29) is 11.3 Å². The van der Waals surface area contributed by atoms with Gasteiger partial charge in [0, 0.05) is 4.47 Å². The molecule has 1 aliphatic heterocycles. The minimum Gasteiger partial charge on any atom is -0.401 e. The van der Waals surface area contributed by atoms with Crippen molar-refractivity contribution in [3.05, 3.63) is 62.3 Å². The lowest BCUT2D eigenvalue weighted by Crippen LogP contribution is -2.35. The second-order valence-electron chi connectivity index (χ2n) is 4.55. The number of anilines is 1. The predicted octanol–water partition coefficient (Wildman–Crippen LogP) is 2.41. The highest BCUT2D eigenvalue weighted by Crippen LogP contribution is 2.24. The molecule has 1 aromatic heterocycles. The number of hydrazine groups is 1. The number of benzene rings is 1. The van der Waals surface area contributed by atoms with E-state index >= 15 is 0 Å². The molecule has 9 heteroatoms. The molecule has 1 aromatic carbocycles. The van der Waals surface area contributed by atoms with Crippen LogP contribution in [0.2, 0.25) is 0 Å². The third-order valence-corrected chi connectivity index (χ3v) is 3.58. The van der Waals surface area contributed by atoms with E-state index in [2.05, 4.69) is 21.4 Å². The molecule has 0 radical (unpaired) electrons. The molecule has 23 heavy (non-hydrogen) atoms. The number of furan rings is 1. The van der Waals surface area contributed by atoms with Crippen molar-refractivity contribution < 1.29 is 18.9 Å². The van der Waals surface area contributed by atoms with Gasteiger partial charge in [-0.1, -0.05) is 15.9 Å². The van der Waals surface area contributed by atoms with Gasteiger partial charge in [-0.25, -0.2) is 5.01 Å². The Morgan fingerprint density at radius 3 is 2.48 bits per heavy atom. The molecule has 8 nitrogen and oxygen atoms in total. The smallest absolute Gasteiger partial charge is 0.401 e. The van der Waals surface area contributed by atoms with Gasteiger partial charge in [-0.15, -0.1) is 0 Å². The number of nitro groups is 1. The predicted molar refractivity (Wildman–Crippen MR) is 83.1 cm³/mol. The Kier molecular flexibility index (Phi) is 3.70. The summed E-state index contributed by atoms with van der Waals surface area (Å²) in [7, 11) is 0. The molecule has 0 atom stereocenters. The lowest BCUT2D eigenvalue weighted by molar-refractivity contribution is -0.402. The van der Waals surface area contributed by atoms with Crippen molar-refractivity contribution in [2.45, 2.75) is 0 Å². The maximum absolute atomic E-state index is 12.3. The molecule has 0 bridgehead atoms. The first-order chi connectivity index (χ1) is 11.0. The van der Waals surface area contributed by atoms with Crippen LogP contribution in [-0.2, 0) is 9.59 Å². The average molecular weight is 378 g/mol. The molecule has 2 amide bonds. The number of hydrogen-bond acceptors (Lipinski definition) is 5. The van der Waals surface area contributed by atoms with Gasteiger partial charge >= 0.3 is 5.88 Å². The van der Waals surface area contributed by atoms with Gasteiger partial charge in [-0.05, 0) is 36.4 Å². The van der Waals surface area contributed by atoms with E-state index in [1.807, 2.05) is 0 Å². The second kappa shape index (κ2) is 5.69. The van der Waals surface area contributed by atoms with E-state index in [1.165, 1.54) is 12.1 Å². The first-order valence-corrected chi connectivity index (χ1v) is 7.12. The Balaban J connectivity index is 1.90. The third kappa shape index (κ3) is 2.86. The molecular formula is C14H8BrN3O5. The Morgan fingerprint density at radius 2 is 1.87 bits per heavy atom. The normalized spacial score (nSPS) is 16.0. The maximum Gasteiger partial charge on any atom is 0.433 e. The lowest BCUT2D eigenvalue weighted by Gasteiger charge is -2.14. The highest BCUT2D eigenvalue weighted by Gasteiger charge is 2.34. The van der Waals surface area contributed by atoms with E-state index in [0.717, 1.165) is 15.5 Å². The van der Waals surface area contributed by atoms with Crippen molar-refractivity contribution >= 4 is 45.4 Å². The number of nitrogens with one attached hydrogen (secondary N) is 1. The summed E-state index contributed by atoms with van der Waals surface area (Å²) in [6.07, 6.45) is 1.17. The molecule has 0 aliphatic carbocycles. The largest absolute Gasteiger partial charge is 0.433 e. The van der Waals surface area contributed by atoms with Gasteiger partial charge in [0.15, 0.2) is 0 Å². The van der Waals surface area contributed by atoms with Crippen LogP contribution >= 0.6 is 15.9 Å². The van der Waals surface area contributed by atoms with Gasteiger partial charge in [0.2, 0.25) is 0 Å². The van der Waals surface area contributed by atoms with Crippen molar-refractivity contribution in [2.24, 2.45) is 0 Å². The summed E-state index contributed by atoms with van der Waals surface area (Å²) >= 11 is 3.28. The van der Waals surface area contributed by atoms with Crippen molar-refractivity contribution in [1.29, 1.82) is 0 Å². The number of nitrogens with zero attached hydrogens (tertiary/aromatic N) is 2. The SMILES string of the molecule is O=C1NN(c2ccc(Br)cc2)C(=O)C1=Cc1ccc([N+](=O)[O-])o1. The molecule has 1 aliphatic rings. The minimum atomic E-state index is -0.702. The van der Waals surface area contributed by atoms with Gasteiger partial charge in [0.05, 0.1) is 11.8 Å². The van der Waals surface area contributed by atoms with Crippen LogP contribution in [0.5, 0.6) is 0 Å². The minimum absolute atomic E-state index is 0.0489. The van der Waals surface area contributed by atoms with E-state index in [0.29, 0.717) is 5.69 Å². The molecule has 116 valence electrons. The molecule has 2 heterocycles. The van der Waals surface area contributed by atoms with E-state index in [9.17, 15) is 19.7 Å². The van der Waals surface area contributed by atoms with Crippen LogP contribution in [0, 0.1) is 10.1 Å². The second-order valence-corrected chi connectivity index (χ2v) is 5.46. The lowest BCUT2D eigenvalue weighted by atomic mass is 10.2. The van der Waals surface area contributed by atoms with Gasteiger partial charge in [0.25, 0.3) is 11.8 Å². The molecule has 0 spiro atoms. The van der Waals surface area contributed by atoms with Crippen molar-refractivity contribution in [1.82, 2.24) is 5.43 Å². The van der Waals surface area contributed by atoms with Crippen LogP contribution in [0.25, 0.3) is 6.08 Å². The standard InChI is InChI=1S/C14H8BrN3O5/c15-8-1-3-9(4-2-8)17-14(20)11(13(19)16-17)7-10-5-6-12(23-10)18(21)22/h1-7H,(H,16,19). The van der Waals surface area contributed by atoms with Crippen molar-refractivity contribution in [3.63, 3.8) is 0 Å². The highest BCUT2D eigenvalue weighted by molar-refractivity contribution is 9.10. The zero-order chi connectivity index (χ0) is 16.6. The zero-order valence-corrected chi connectivity index (χ0v) is 12.9. The Morgan fingerprint density at radius 1 is 1.17 bits per heavy atom. The van der Waals surface area contributed by atoms with Gasteiger partial charge < -0.3 is 4.42 Å². The number of amides is 2. The summed E-state index contributed by atoms with van der Waals surface area (Å²) in [6.45, 7) is 0. The van der Waals surface area contributed by atoms with Crippen LogP contribution in [0.15, 0.2) is 50.9 Å². The maximum atomic E-state index is 12.3. The molecule has 0 unspecified atom stereocenters. The van der Waals surface area contributed by atoms with Crippen LogP contribution in [0.4, 0.5) is 11.6 Å². The monoisotopic (exact) mass is 377 g/mol. The molecule has 1 saturated heterocycles. The fraction of sp³-hybridized carbons (Fsp3) is 0. The Labute approximate surface area is 137 Å². The zero-order valence-electron chi connectivity index (χ0n) is 11.4. The molecular weight excluding hydrogens is 370 g/mol. The van der Waals surface area contributed by atoms with E-state index < -0.39 is 22.6 Å². The summed E-state index contributed by atoms with van der Waals surface area (Å²) < 4.78 is 5.76. The molecule has 2 aromatic rings. The molecule has 0 saturated carbocycles. The number of halogens is 1. The fourth-order valence-corrected chi connectivity index (χ4v) is 2.25. The van der Waals surface area contributed by atoms with Crippen LogP contribution in [0.3, 0.4) is 0 Å². The Hall–Kier alpha value is -2.94. The van der Waals surface area contributed by atoms with Crippen molar-refractivity contribution in [3.8, 4) is 0 Å². The number of rotatable bonds is 3. The Bertz CT molecular complexity index is 840. The summed E-state index contributed by atoms with van der Waals surface area (Å²) in [5, 5.41) is 11.7. The van der Waals surface area contributed by atoms with Crippen LogP contribution in [-0.4, -0.2) is 16.7 Å². The molecule has 3 rings (SSSR count). The average Bonchev–Trinajstić information content (AvgIpc) is 3.09. The summed E-state index contributed by atoms with van der Waals surface area (Å²) in [5.74, 6) is -1.60. The highest BCUT2D eigenvalue weighted by atomic mass is 79.9. The first-order valence-electron chi connectivity index (χ1n) is 6.32. The third-order valence-electron chi connectivity index (χ3n) is 3.06.